The summed E-state index contributed by atoms with van der Waals surface area (Å²) in [4.78, 5) is 14.6. The maximum absolute atomic E-state index is 10.7. The van der Waals surface area contributed by atoms with Gasteiger partial charge in [-0.1, -0.05) is 0 Å². The van der Waals surface area contributed by atoms with Crippen LogP contribution in [0.1, 0.15) is 15.9 Å². The highest BCUT2D eigenvalue weighted by Crippen LogP contribution is 2.20. The summed E-state index contributed by atoms with van der Waals surface area (Å²) in [5, 5.41) is 8.80. The summed E-state index contributed by atoms with van der Waals surface area (Å²) >= 11 is 0. The van der Waals surface area contributed by atoms with Gasteiger partial charge in [-0.3, -0.25) is 0 Å². The topological polar surface area (TPSA) is 63.3 Å². The van der Waals surface area contributed by atoms with Crippen molar-refractivity contribution in [3.05, 3.63) is 29.7 Å². The molecule has 2 aromatic rings. The Kier molecular flexibility index (Phi) is 1.55. The van der Waals surface area contributed by atoms with E-state index in [4.69, 9.17) is 9.52 Å². The molecule has 0 aliphatic rings. The molecule has 0 spiro atoms. The molecule has 0 atom stereocenters. The van der Waals surface area contributed by atoms with Crippen molar-refractivity contribution in [2.75, 3.05) is 0 Å². The van der Waals surface area contributed by atoms with Crippen LogP contribution < -0.4 is 0 Å². The van der Waals surface area contributed by atoms with Gasteiger partial charge in [0.1, 0.15) is 5.52 Å². The molecular formula is C9H7NO3. The van der Waals surface area contributed by atoms with Crippen LogP contribution in [0.4, 0.5) is 0 Å². The molecule has 0 saturated carbocycles. The highest BCUT2D eigenvalue weighted by Gasteiger charge is 2.11. The quantitative estimate of drug-likeness (QED) is 0.721. The van der Waals surface area contributed by atoms with E-state index in [0.717, 1.165) is 0 Å². The third kappa shape index (κ3) is 1.07. The molecule has 4 heteroatoms. The maximum Gasteiger partial charge on any atom is 0.336 e. The number of rotatable bonds is 1. The number of hydrogen-bond donors (Lipinski definition) is 1. The van der Waals surface area contributed by atoms with Crippen LogP contribution in [0.2, 0.25) is 0 Å². The van der Waals surface area contributed by atoms with Crippen LogP contribution in [0.5, 0.6) is 0 Å². The standard InChI is InChI=1S/C9H7NO3/c1-5-6(9(11)12)2-3-7-8(5)13-4-10-7/h2-4H,1H3,(H,11,12). The largest absolute Gasteiger partial charge is 0.478 e. The average molecular weight is 177 g/mol. The molecule has 2 rings (SSSR count). The van der Waals surface area contributed by atoms with Gasteiger partial charge in [0.2, 0.25) is 0 Å². The summed E-state index contributed by atoms with van der Waals surface area (Å²) in [6.45, 7) is 1.71. The minimum Gasteiger partial charge on any atom is -0.478 e. The van der Waals surface area contributed by atoms with Crippen LogP contribution in [-0.4, -0.2) is 16.1 Å². The fraction of sp³-hybridized carbons (Fsp3) is 0.111. The van der Waals surface area contributed by atoms with E-state index in [9.17, 15) is 4.79 Å². The summed E-state index contributed by atoms with van der Waals surface area (Å²) in [7, 11) is 0. The Morgan fingerprint density at radius 1 is 1.54 bits per heavy atom. The molecule has 0 radical (unpaired) electrons. The van der Waals surface area contributed by atoms with E-state index in [2.05, 4.69) is 4.98 Å². The first-order valence-electron chi connectivity index (χ1n) is 3.76. The summed E-state index contributed by atoms with van der Waals surface area (Å²) in [6.07, 6.45) is 1.31. The van der Waals surface area contributed by atoms with Crippen molar-refractivity contribution < 1.29 is 14.3 Å². The van der Waals surface area contributed by atoms with E-state index in [-0.39, 0.29) is 5.56 Å². The number of oxazole rings is 1. The van der Waals surface area contributed by atoms with Crippen molar-refractivity contribution in [1.82, 2.24) is 4.98 Å². The Morgan fingerprint density at radius 3 is 3.00 bits per heavy atom. The summed E-state index contributed by atoms with van der Waals surface area (Å²) < 4.78 is 5.07. The lowest BCUT2D eigenvalue weighted by Gasteiger charge is -1.98. The molecule has 0 saturated heterocycles. The number of carboxylic acids is 1. The summed E-state index contributed by atoms with van der Waals surface area (Å²) in [6, 6.07) is 3.16. The normalized spacial score (nSPS) is 10.5. The van der Waals surface area contributed by atoms with Crippen molar-refractivity contribution >= 4 is 17.1 Å². The molecule has 0 amide bonds. The van der Waals surface area contributed by atoms with Gasteiger partial charge in [-0.25, -0.2) is 9.78 Å². The van der Waals surface area contributed by atoms with Crippen molar-refractivity contribution in [2.45, 2.75) is 6.92 Å². The van der Waals surface area contributed by atoms with E-state index in [1.54, 1.807) is 13.0 Å². The molecule has 13 heavy (non-hydrogen) atoms. The lowest BCUT2D eigenvalue weighted by molar-refractivity contribution is 0.0696. The Morgan fingerprint density at radius 2 is 2.31 bits per heavy atom. The molecule has 0 aliphatic carbocycles. The van der Waals surface area contributed by atoms with Gasteiger partial charge < -0.3 is 9.52 Å². The van der Waals surface area contributed by atoms with Crippen molar-refractivity contribution in [1.29, 1.82) is 0 Å². The third-order valence-corrected chi connectivity index (χ3v) is 1.98. The van der Waals surface area contributed by atoms with E-state index in [1.165, 1.54) is 12.5 Å². The Balaban J connectivity index is 2.80. The first kappa shape index (κ1) is 7.79. The van der Waals surface area contributed by atoms with E-state index in [0.29, 0.717) is 16.7 Å². The van der Waals surface area contributed by atoms with Gasteiger partial charge in [-0.2, -0.15) is 0 Å². The third-order valence-electron chi connectivity index (χ3n) is 1.98. The van der Waals surface area contributed by atoms with Gasteiger partial charge >= 0.3 is 5.97 Å². The lowest BCUT2D eigenvalue weighted by atomic mass is 10.1. The molecule has 0 bridgehead atoms. The number of aromatic carboxylic acids is 1. The second kappa shape index (κ2) is 2.58. The van der Waals surface area contributed by atoms with E-state index < -0.39 is 5.97 Å². The van der Waals surface area contributed by atoms with Gasteiger partial charge in [0.15, 0.2) is 12.0 Å². The molecule has 0 unspecified atom stereocenters. The van der Waals surface area contributed by atoms with Crippen molar-refractivity contribution in [3.8, 4) is 0 Å². The average Bonchev–Trinajstić information content (AvgIpc) is 2.52. The Hall–Kier alpha value is -1.84. The van der Waals surface area contributed by atoms with Crippen LogP contribution >= 0.6 is 0 Å². The minimum atomic E-state index is -0.948. The number of fused-ring (bicyclic) bond motifs is 1. The number of carboxylic acid groups (broad SMARTS) is 1. The van der Waals surface area contributed by atoms with Crippen LogP contribution in [-0.2, 0) is 0 Å². The molecular weight excluding hydrogens is 170 g/mol. The highest BCUT2D eigenvalue weighted by atomic mass is 16.4. The second-order valence-corrected chi connectivity index (χ2v) is 2.74. The van der Waals surface area contributed by atoms with Gasteiger partial charge in [0.05, 0.1) is 5.56 Å². The van der Waals surface area contributed by atoms with Gasteiger partial charge in [-0.05, 0) is 19.1 Å². The molecule has 1 N–H and O–H groups in total. The van der Waals surface area contributed by atoms with Crippen molar-refractivity contribution in [2.24, 2.45) is 0 Å². The molecule has 0 fully saturated rings. The Bertz CT molecular complexity index is 473. The monoisotopic (exact) mass is 177 g/mol. The first-order chi connectivity index (χ1) is 6.20. The lowest BCUT2D eigenvalue weighted by Crippen LogP contribution is -1.99. The Labute approximate surface area is 73.8 Å². The van der Waals surface area contributed by atoms with Gasteiger partial charge in [0.25, 0.3) is 0 Å². The first-order valence-corrected chi connectivity index (χ1v) is 3.76. The zero-order valence-corrected chi connectivity index (χ0v) is 6.94. The van der Waals surface area contributed by atoms with Crippen LogP contribution in [0.15, 0.2) is 22.9 Å². The number of aromatic nitrogens is 1. The highest BCUT2D eigenvalue weighted by molar-refractivity contribution is 5.94. The molecule has 66 valence electrons. The predicted molar refractivity (Wildman–Crippen MR) is 45.7 cm³/mol. The minimum absolute atomic E-state index is 0.254. The smallest absolute Gasteiger partial charge is 0.336 e. The maximum atomic E-state index is 10.7. The fourth-order valence-electron chi connectivity index (χ4n) is 1.30. The molecule has 4 nitrogen and oxygen atoms in total. The summed E-state index contributed by atoms with van der Waals surface area (Å²) in [5.41, 5.74) is 2.09. The second-order valence-electron chi connectivity index (χ2n) is 2.74. The molecule has 1 aromatic carbocycles. The number of aryl methyl sites for hydroxylation is 1. The predicted octanol–water partition coefficient (Wildman–Crippen LogP) is 1.83. The number of carbonyl (C=O) groups is 1. The van der Waals surface area contributed by atoms with Crippen molar-refractivity contribution in [3.63, 3.8) is 0 Å². The zero-order chi connectivity index (χ0) is 9.42. The molecule has 1 aromatic heterocycles. The van der Waals surface area contributed by atoms with Crippen LogP contribution in [0.25, 0.3) is 11.1 Å². The summed E-state index contributed by atoms with van der Waals surface area (Å²) in [5.74, 6) is -0.948. The molecule has 0 aliphatic heterocycles. The van der Waals surface area contributed by atoms with Crippen LogP contribution in [0.3, 0.4) is 0 Å². The SMILES string of the molecule is Cc1c(C(=O)O)ccc2ncoc12. The number of hydrogen-bond acceptors (Lipinski definition) is 3. The van der Waals surface area contributed by atoms with Crippen LogP contribution in [0, 0.1) is 6.92 Å². The number of benzene rings is 1. The van der Waals surface area contributed by atoms with E-state index >= 15 is 0 Å². The van der Waals surface area contributed by atoms with Gasteiger partial charge in [0, 0.05) is 5.56 Å². The zero-order valence-electron chi connectivity index (χ0n) is 6.94. The molecule has 1 heterocycles. The number of nitrogens with zero attached hydrogens (tertiary/aromatic N) is 1. The van der Waals surface area contributed by atoms with E-state index in [1.807, 2.05) is 0 Å². The van der Waals surface area contributed by atoms with Gasteiger partial charge in [-0.15, -0.1) is 0 Å². The fourth-order valence-corrected chi connectivity index (χ4v) is 1.30.